The van der Waals surface area contributed by atoms with E-state index in [9.17, 15) is 4.79 Å². The smallest absolute Gasteiger partial charge is 0.243 e. The molecule has 2 aromatic rings. The maximum atomic E-state index is 11.9. The maximum absolute atomic E-state index is 11.9. The number of benzene rings is 2. The van der Waals surface area contributed by atoms with Crippen LogP contribution in [0.15, 0.2) is 48.5 Å². The van der Waals surface area contributed by atoms with Gasteiger partial charge in [-0.15, -0.1) is 0 Å². The molecule has 0 aliphatic carbocycles. The van der Waals surface area contributed by atoms with Crippen LogP contribution in [0.2, 0.25) is 0 Å². The highest BCUT2D eigenvalue weighted by Crippen LogP contribution is 2.17. The second kappa shape index (κ2) is 7.87. The van der Waals surface area contributed by atoms with Gasteiger partial charge in [0.05, 0.1) is 13.2 Å². The number of carbonyl (C=O) groups excluding carboxylic acids is 1. The molecule has 0 saturated heterocycles. The number of rotatable bonds is 6. The van der Waals surface area contributed by atoms with Crippen molar-refractivity contribution in [1.29, 1.82) is 0 Å². The van der Waals surface area contributed by atoms with Crippen LogP contribution in [0.4, 0.5) is 11.4 Å². The second-order valence-electron chi connectivity index (χ2n) is 4.37. The minimum Gasteiger partial charge on any atom is -0.494 e. The van der Waals surface area contributed by atoms with Crippen LogP contribution in [-0.4, -0.2) is 19.1 Å². The van der Waals surface area contributed by atoms with Crippen molar-refractivity contribution in [1.82, 2.24) is 0 Å². The number of halogens is 1. The largest absolute Gasteiger partial charge is 0.494 e. The van der Waals surface area contributed by atoms with Crippen molar-refractivity contribution < 1.29 is 9.53 Å². The summed E-state index contributed by atoms with van der Waals surface area (Å²) in [6.07, 6.45) is 0. The van der Waals surface area contributed by atoms with Gasteiger partial charge in [-0.1, -0.05) is 6.07 Å². The van der Waals surface area contributed by atoms with Crippen LogP contribution in [0.1, 0.15) is 6.92 Å². The molecular formula is C16H17IN2O2. The van der Waals surface area contributed by atoms with Crippen LogP contribution >= 0.6 is 22.6 Å². The molecule has 0 fully saturated rings. The molecule has 2 N–H and O–H groups in total. The zero-order valence-corrected chi connectivity index (χ0v) is 13.9. The van der Waals surface area contributed by atoms with Gasteiger partial charge in [-0.05, 0) is 65.9 Å². The van der Waals surface area contributed by atoms with Gasteiger partial charge in [0.25, 0.3) is 0 Å². The van der Waals surface area contributed by atoms with Gasteiger partial charge in [0.1, 0.15) is 5.75 Å². The summed E-state index contributed by atoms with van der Waals surface area (Å²) in [7, 11) is 0. The standard InChI is InChI=1S/C16H17IN2O2/c1-2-21-15-5-3-4-14(10-15)19-16(20)11-18-13-8-6-12(17)7-9-13/h3-10,18H,2,11H2,1H3,(H,19,20). The summed E-state index contributed by atoms with van der Waals surface area (Å²) >= 11 is 2.24. The molecule has 0 saturated carbocycles. The van der Waals surface area contributed by atoms with E-state index in [2.05, 4.69) is 33.2 Å². The Kier molecular flexibility index (Phi) is 5.86. The highest BCUT2D eigenvalue weighted by molar-refractivity contribution is 14.1. The predicted octanol–water partition coefficient (Wildman–Crippen LogP) is 3.74. The summed E-state index contributed by atoms with van der Waals surface area (Å²) in [5, 5.41) is 5.92. The Hall–Kier alpha value is -1.76. The molecule has 0 bridgehead atoms. The summed E-state index contributed by atoms with van der Waals surface area (Å²) < 4.78 is 6.56. The molecule has 2 aromatic carbocycles. The first-order chi connectivity index (χ1) is 10.2. The Bertz CT molecular complexity index is 599. The minimum absolute atomic E-state index is 0.0952. The Morgan fingerprint density at radius 2 is 1.90 bits per heavy atom. The first-order valence-corrected chi connectivity index (χ1v) is 7.77. The van der Waals surface area contributed by atoms with E-state index in [0.717, 1.165) is 20.7 Å². The molecule has 21 heavy (non-hydrogen) atoms. The van der Waals surface area contributed by atoms with Gasteiger partial charge in [-0.2, -0.15) is 0 Å². The molecule has 0 aliphatic heterocycles. The summed E-state index contributed by atoms with van der Waals surface area (Å²) in [6, 6.07) is 15.3. The molecule has 2 rings (SSSR count). The van der Waals surface area contributed by atoms with Crippen LogP contribution in [0, 0.1) is 3.57 Å². The van der Waals surface area contributed by atoms with Crippen molar-refractivity contribution in [2.45, 2.75) is 6.92 Å². The molecule has 0 aliphatic rings. The summed E-state index contributed by atoms with van der Waals surface area (Å²) in [5.74, 6) is 0.656. The SMILES string of the molecule is CCOc1cccc(NC(=O)CNc2ccc(I)cc2)c1. The van der Waals surface area contributed by atoms with Crippen LogP contribution in [0.3, 0.4) is 0 Å². The first kappa shape index (κ1) is 15.6. The van der Waals surface area contributed by atoms with Gasteiger partial charge in [0, 0.05) is 21.0 Å². The zero-order chi connectivity index (χ0) is 15.1. The molecule has 0 radical (unpaired) electrons. The normalized spacial score (nSPS) is 10.0. The summed E-state index contributed by atoms with van der Waals surface area (Å²) in [6.45, 7) is 2.75. The number of hydrogen-bond donors (Lipinski definition) is 2. The highest BCUT2D eigenvalue weighted by atomic mass is 127. The third-order valence-corrected chi connectivity index (χ3v) is 3.45. The van der Waals surface area contributed by atoms with Gasteiger partial charge in [0.15, 0.2) is 0 Å². The van der Waals surface area contributed by atoms with Crippen molar-refractivity contribution >= 4 is 39.9 Å². The van der Waals surface area contributed by atoms with Gasteiger partial charge >= 0.3 is 0 Å². The molecule has 5 heteroatoms. The lowest BCUT2D eigenvalue weighted by Gasteiger charge is -2.09. The molecule has 0 aromatic heterocycles. The van der Waals surface area contributed by atoms with E-state index in [1.165, 1.54) is 0 Å². The van der Waals surface area contributed by atoms with E-state index in [1.807, 2.05) is 55.5 Å². The predicted molar refractivity (Wildman–Crippen MR) is 93.9 cm³/mol. The number of hydrogen-bond acceptors (Lipinski definition) is 3. The average Bonchev–Trinajstić information content (AvgIpc) is 2.47. The average molecular weight is 396 g/mol. The molecule has 1 amide bonds. The quantitative estimate of drug-likeness (QED) is 0.732. The van der Waals surface area contributed by atoms with Gasteiger partial charge in [0.2, 0.25) is 5.91 Å². The monoisotopic (exact) mass is 396 g/mol. The fourth-order valence-corrected chi connectivity index (χ4v) is 2.15. The third kappa shape index (κ3) is 5.26. The lowest BCUT2D eigenvalue weighted by molar-refractivity contribution is -0.114. The number of amides is 1. The van der Waals surface area contributed by atoms with Gasteiger partial charge in [-0.3, -0.25) is 4.79 Å². The zero-order valence-electron chi connectivity index (χ0n) is 11.7. The fraction of sp³-hybridized carbons (Fsp3) is 0.188. The van der Waals surface area contributed by atoms with E-state index >= 15 is 0 Å². The Labute approximate surface area is 138 Å². The molecule has 4 nitrogen and oxygen atoms in total. The molecule has 0 heterocycles. The van der Waals surface area contributed by atoms with Gasteiger partial charge < -0.3 is 15.4 Å². The summed E-state index contributed by atoms with van der Waals surface area (Å²) in [5.41, 5.74) is 1.66. The van der Waals surface area contributed by atoms with E-state index in [1.54, 1.807) is 0 Å². The number of carbonyl (C=O) groups is 1. The lowest BCUT2D eigenvalue weighted by atomic mass is 10.3. The van der Waals surface area contributed by atoms with E-state index < -0.39 is 0 Å². The Balaban J connectivity index is 1.86. The van der Waals surface area contributed by atoms with Crippen molar-refractivity contribution in [3.63, 3.8) is 0 Å². The van der Waals surface area contributed by atoms with E-state index in [-0.39, 0.29) is 12.5 Å². The van der Waals surface area contributed by atoms with Crippen molar-refractivity contribution in [2.75, 3.05) is 23.8 Å². The van der Waals surface area contributed by atoms with Crippen LogP contribution in [-0.2, 0) is 4.79 Å². The minimum atomic E-state index is -0.0952. The second-order valence-corrected chi connectivity index (χ2v) is 5.62. The van der Waals surface area contributed by atoms with Crippen LogP contribution < -0.4 is 15.4 Å². The van der Waals surface area contributed by atoms with E-state index in [0.29, 0.717) is 6.61 Å². The molecular weight excluding hydrogens is 379 g/mol. The Morgan fingerprint density at radius 3 is 2.62 bits per heavy atom. The Morgan fingerprint density at radius 1 is 1.14 bits per heavy atom. The first-order valence-electron chi connectivity index (χ1n) is 6.69. The molecule has 110 valence electrons. The third-order valence-electron chi connectivity index (χ3n) is 2.73. The summed E-state index contributed by atoms with van der Waals surface area (Å²) in [4.78, 5) is 11.9. The fourth-order valence-electron chi connectivity index (χ4n) is 1.79. The number of anilines is 2. The van der Waals surface area contributed by atoms with E-state index in [4.69, 9.17) is 4.74 Å². The topological polar surface area (TPSA) is 50.4 Å². The number of nitrogens with one attached hydrogen (secondary N) is 2. The lowest BCUT2D eigenvalue weighted by Crippen LogP contribution is -2.21. The van der Waals surface area contributed by atoms with Gasteiger partial charge in [-0.25, -0.2) is 0 Å². The highest BCUT2D eigenvalue weighted by Gasteiger charge is 2.03. The van der Waals surface area contributed by atoms with Crippen molar-refractivity contribution in [3.8, 4) is 5.75 Å². The maximum Gasteiger partial charge on any atom is 0.243 e. The molecule has 0 atom stereocenters. The van der Waals surface area contributed by atoms with Crippen molar-refractivity contribution in [2.24, 2.45) is 0 Å². The van der Waals surface area contributed by atoms with Crippen molar-refractivity contribution in [3.05, 3.63) is 52.1 Å². The number of ether oxygens (including phenoxy) is 1. The van der Waals surface area contributed by atoms with Crippen LogP contribution in [0.5, 0.6) is 5.75 Å². The molecule has 0 unspecified atom stereocenters. The molecule has 0 spiro atoms. The van der Waals surface area contributed by atoms with Crippen LogP contribution in [0.25, 0.3) is 0 Å².